The first-order valence-corrected chi connectivity index (χ1v) is 5.29. The lowest BCUT2D eigenvalue weighted by atomic mass is 9.99. The first kappa shape index (κ1) is 12.3. The smallest absolute Gasteiger partial charge is 0.133 e. The van der Waals surface area contributed by atoms with E-state index in [0.29, 0.717) is 16.3 Å². The maximum absolute atomic E-state index is 9.98. The molecule has 0 aliphatic heterocycles. The highest BCUT2D eigenvalue weighted by molar-refractivity contribution is 6.30. The Bertz CT molecular complexity index is 382. The third-order valence-corrected chi connectivity index (χ3v) is 2.78. The van der Waals surface area contributed by atoms with Crippen LogP contribution in [0.3, 0.4) is 0 Å². The van der Waals surface area contributed by atoms with Gasteiger partial charge in [0.15, 0.2) is 0 Å². The Morgan fingerprint density at radius 1 is 1.53 bits per heavy atom. The Kier molecular flexibility index (Phi) is 3.58. The lowest BCUT2D eigenvalue weighted by molar-refractivity contribution is 0.215. The van der Waals surface area contributed by atoms with E-state index in [2.05, 4.69) is 11.7 Å². The van der Waals surface area contributed by atoms with Crippen molar-refractivity contribution in [3.8, 4) is 0 Å². The number of aliphatic hydroxyl groups is 1. The second-order valence-electron chi connectivity index (χ2n) is 4.12. The number of halogens is 1. The zero-order chi connectivity index (χ0) is 11.7. The molecular weight excluding hydrogens is 212 g/mol. The van der Waals surface area contributed by atoms with E-state index in [-0.39, 0.29) is 5.92 Å². The molecule has 0 aliphatic rings. The van der Waals surface area contributed by atoms with Crippen molar-refractivity contribution in [3.05, 3.63) is 28.6 Å². The molecule has 15 heavy (non-hydrogen) atoms. The van der Waals surface area contributed by atoms with E-state index in [1.165, 1.54) is 0 Å². The normalized spacial score (nSPS) is 13.3. The van der Waals surface area contributed by atoms with Gasteiger partial charge < -0.3 is 5.11 Å². The maximum atomic E-state index is 9.98. The summed E-state index contributed by atoms with van der Waals surface area (Å²) in [6, 6.07) is 0. The molecule has 0 aliphatic carbocycles. The monoisotopic (exact) mass is 228 g/mol. The van der Waals surface area contributed by atoms with Crippen LogP contribution in [-0.2, 0) is 7.05 Å². The average Bonchev–Trinajstić information content (AvgIpc) is 2.42. The largest absolute Gasteiger partial charge is 0.384 e. The molecule has 1 unspecified atom stereocenters. The fourth-order valence-electron chi connectivity index (χ4n) is 1.47. The van der Waals surface area contributed by atoms with Crippen molar-refractivity contribution in [3.63, 3.8) is 0 Å². The van der Waals surface area contributed by atoms with Crippen molar-refractivity contribution in [2.24, 2.45) is 7.05 Å². The number of aromatic nitrogens is 2. The summed E-state index contributed by atoms with van der Waals surface area (Å²) in [5.74, 6) is 0.229. The van der Waals surface area contributed by atoms with Crippen molar-refractivity contribution in [1.82, 2.24) is 9.78 Å². The van der Waals surface area contributed by atoms with Crippen LogP contribution in [0, 0.1) is 0 Å². The standard InChI is InChI=1S/C11H17ClN2O/c1-6(2)9-8(10(15)7(3)4)11(12)14(5)13-9/h6,10,15H,3H2,1-2,4-5H3. The predicted octanol–water partition coefficient (Wildman–Crippen LogP) is 2.81. The van der Waals surface area contributed by atoms with Crippen LogP contribution in [0.25, 0.3) is 0 Å². The summed E-state index contributed by atoms with van der Waals surface area (Å²) in [7, 11) is 1.77. The van der Waals surface area contributed by atoms with Gasteiger partial charge in [0, 0.05) is 12.6 Å². The molecule has 0 bridgehead atoms. The van der Waals surface area contributed by atoms with Crippen LogP contribution >= 0.6 is 11.6 Å². The van der Waals surface area contributed by atoms with Gasteiger partial charge in [0.1, 0.15) is 11.3 Å². The Morgan fingerprint density at radius 2 is 2.07 bits per heavy atom. The minimum Gasteiger partial charge on any atom is -0.384 e. The van der Waals surface area contributed by atoms with E-state index < -0.39 is 6.10 Å². The SMILES string of the molecule is C=C(C)C(O)c1c(C(C)C)nn(C)c1Cl. The first-order chi connectivity index (χ1) is 6.86. The molecule has 1 rings (SSSR count). The van der Waals surface area contributed by atoms with Gasteiger partial charge >= 0.3 is 0 Å². The van der Waals surface area contributed by atoms with Crippen LogP contribution in [0.1, 0.15) is 44.1 Å². The zero-order valence-corrected chi connectivity index (χ0v) is 10.3. The number of aryl methyl sites for hydroxylation is 1. The Labute approximate surface area is 95.4 Å². The summed E-state index contributed by atoms with van der Waals surface area (Å²) in [5.41, 5.74) is 2.19. The summed E-state index contributed by atoms with van der Waals surface area (Å²) in [5, 5.41) is 14.8. The molecule has 0 saturated carbocycles. The topological polar surface area (TPSA) is 38.1 Å². The van der Waals surface area contributed by atoms with E-state index in [1.807, 2.05) is 13.8 Å². The molecule has 1 N–H and O–H groups in total. The second-order valence-corrected chi connectivity index (χ2v) is 4.47. The van der Waals surface area contributed by atoms with Crippen molar-refractivity contribution in [1.29, 1.82) is 0 Å². The van der Waals surface area contributed by atoms with Gasteiger partial charge in [0.25, 0.3) is 0 Å². The van der Waals surface area contributed by atoms with Crippen LogP contribution in [0.5, 0.6) is 0 Å². The van der Waals surface area contributed by atoms with Crippen LogP contribution in [0.4, 0.5) is 0 Å². The Balaban J connectivity index is 3.31. The van der Waals surface area contributed by atoms with Crippen LogP contribution in [-0.4, -0.2) is 14.9 Å². The summed E-state index contributed by atoms with van der Waals surface area (Å²) in [6.45, 7) is 9.55. The number of rotatable bonds is 3. The molecule has 1 aromatic heterocycles. The molecule has 4 heteroatoms. The van der Waals surface area contributed by atoms with Crippen LogP contribution in [0.2, 0.25) is 5.15 Å². The quantitative estimate of drug-likeness (QED) is 0.808. The lowest BCUT2D eigenvalue weighted by Gasteiger charge is -2.12. The van der Waals surface area contributed by atoms with Crippen LogP contribution in [0.15, 0.2) is 12.2 Å². The first-order valence-electron chi connectivity index (χ1n) is 4.92. The van der Waals surface area contributed by atoms with Crippen molar-refractivity contribution in [2.75, 3.05) is 0 Å². The van der Waals surface area contributed by atoms with E-state index in [4.69, 9.17) is 11.6 Å². The average molecular weight is 229 g/mol. The maximum Gasteiger partial charge on any atom is 0.133 e. The number of hydrogen-bond donors (Lipinski definition) is 1. The van der Waals surface area contributed by atoms with Gasteiger partial charge in [0.05, 0.1) is 5.69 Å². The van der Waals surface area contributed by atoms with E-state index in [9.17, 15) is 5.11 Å². The van der Waals surface area contributed by atoms with E-state index in [0.717, 1.165) is 5.69 Å². The molecule has 0 spiro atoms. The molecule has 0 aromatic carbocycles. The second kappa shape index (κ2) is 4.37. The molecule has 1 atom stereocenters. The molecule has 0 radical (unpaired) electrons. The van der Waals surface area contributed by atoms with Crippen LogP contribution < -0.4 is 0 Å². The fourth-order valence-corrected chi connectivity index (χ4v) is 1.70. The number of nitrogens with zero attached hydrogens (tertiary/aromatic N) is 2. The molecular formula is C11H17ClN2O. The van der Waals surface area contributed by atoms with Crippen molar-refractivity contribution in [2.45, 2.75) is 32.8 Å². The Morgan fingerprint density at radius 3 is 2.47 bits per heavy atom. The molecule has 1 heterocycles. The van der Waals surface area contributed by atoms with E-state index in [1.54, 1.807) is 18.7 Å². The molecule has 0 saturated heterocycles. The lowest BCUT2D eigenvalue weighted by Crippen LogP contribution is -2.02. The highest BCUT2D eigenvalue weighted by atomic mass is 35.5. The highest BCUT2D eigenvalue weighted by Crippen LogP contribution is 2.33. The summed E-state index contributed by atoms with van der Waals surface area (Å²) in [6.07, 6.45) is -0.733. The molecule has 0 fully saturated rings. The third kappa shape index (κ3) is 2.24. The van der Waals surface area contributed by atoms with Crippen molar-refractivity contribution < 1.29 is 5.11 Å². The van der Waals surface area contributed by atoms with E-state index >= 15 is 0 Å². The van der Waals surface area contributed by atoms with Crippen molar-refractivity contribution >= 4 is 11.6 Å². The van der Waals surface area contributed by atoms with Gasteiger partial charge in [-0.3, -0.25) is 4.68 Å². The third-order valence-electron chi connectivity index (χ3n) is 2.33. The highest BCUT2D eigenvalue weighted by Gasteiger charge is 2.23. The predicted molar refractivity (Wildman–Crippen MR) is 62.1 cm³/mol. The molecule has 1 aromatic rings. The summed E-state index contributed by atoms with van der Waals surface area (Å²) >= 11 is 6.10. The number of aliphatic hydroxyl groups excluding tert-OH is 1. The van der Waals surface area contributed by atoms with Gasteiger partial charge in [-0.2, -0.15) is 5.10 Å². The van der Waals surface area contributed by atoms with Gasteiger partial charge in [0.2, 0.25) is 0 Å². The number of hydrogen-bond acceptors (Lipinski definition) is 2. The minimum atomic E-state index is -0.733. The van der Waals surface area contributed by atoms with Gasteiger partial charge in [-0.15, -0.1) is 0 Å². The fraction of sp³-hybridized carbons (Fsp3) is 0.545. The van der Waals surface area contributed by atoms with Gasteiger partial charge in [-0.1, -0.05) is 32.0 Å². The van der Waals surface area contributed by atoms with Gasteiger partial charge in [-0.05, 0) is 18.4 Å². The molecule has 84 valence electrons. The zero-order valence-electron chi connectivity index (χ0n) is 9.58. The summed E-state index contributed by atoms with van der Waals surface area (Å²) in [4.78, 5) is 0. The van der Waals surface area contributed by atoms with Gasteiger partial charge in [-0.25, -0.2) is 0 Å². The molecule has 0 amide bonds. The molecule has 3 nitrogen and oxygen atoms in total. The summed E-state index contributed by atoms with van der Waals surface area (Å²) < 4.78 is 1.58. The minimum absolute atomic E-state index is 0.229. The Hall–Kier alpha value is -0.800.